The van der Waals surface area contributed by atoms with Crippen LogP contribution in [-0.4, -0.2) is 7.11 Å². The molecule has 1 aromatic rings. The van der Waals surface area contributed by atoms with Gasteiger partial charge in [0.25, 0.3) is 0 Å². The normalized spacial score (nSPS) is 16.9. The number of hydrogen-bond acceptors (Lipinski definition) is 2. The van der Waals surface area contributed by atoms with E-state index in [0.717, 1.165) is 0 Å². The molecule has 0 radical (unpaired) electrons. The van der Waals surface area contributed by atoms with Crippen molar-refractivity contribution in [3.05, 3.63) is 28.0 Å². The van der Waals surface area contributed by atoms with E-state index in [0.29, 0.717) is 28.6 Å². The third kappa shape index (κ3) is 1.51. The van der Waals surface area contributed by atoms with Gasteiger partial charge in [0.2, 0.25) is 0 Å². The van der Waals surface area contributed by atoms with Gasteiger partial charge in [-0.15, -0.1) is 0 Å². The topological polar surface area (TPSA) is 33.0 Å². The van der Waals surface area contributed by atoms with E-state index in [1.165, 1.54) is 7.11 Å². The summed E-state index contributed by atoms with van der Waals surface area (Å²) in [6.45, 7) is 0. The minimum atomic E-state index is -0.667. The molecule has 15 heavy (non-hydrogen) atoms. The number of nitrogens with zero attached hydrogens (tertiary/aromatic N) is 1. The number of ether oxygens (including phenoxy) is 1. The van der Waals surface area contributed by atoms with E-state index in [1.54, 1.807) is 12.1 Å². The summed E-state index contributed by atoms with van der Waals surface area (Å²) in [5.41, 5.74) is -0.277. The Hall–Kier alpha value is -1.08. The molecular weight excluding hydrogens is 261 g/mol. The Morgan fingerprint density at radius 1 is 1.53 bits per heavy atom. The van der Waals surface area contributed by atoms with Crippen LogP contribution in [0, 0.1) is 17.1 Å². The van der Waals surface area contributed by atoms with E-state index in [1.807, 2.05) is 0 Å². The van der Waals surface area contributed by atoms with Crippen molar-refractivity contribution >= 4 is 15.9 Å². The van der Waals surface area contributed by atoms with Gasteiger partial charge in [-0.3, -0.25) is 0 Å². The molecule has 0 atom stereocenters. The van der Waals surface area contributed by atoms with Gasteiger partial charge in [-0.25, -0.2) is 4.39 Å². The van der Waals surface area contributed by atoms with Crippen molar-refractivity contribution < 1.29 is 9.13 Å². The fraction of sp³-hybridized carbons (Fsp3) is 0.364. The molecule has 1 aliphatic rings. The zero-order chi connectivity index (χ0) is 11.1. The second-order valence-corrected chi connectivity index (χ2v) is 4.49. The Morgan fingerprint density at radius 3 is 2.67 bits per heavy atom. The molecule has 0 aromatic heterocycles. The smallest absolute Gasteiger partial charge is 0.145 e. The summed E-state index contributed by atoms with van der Waals surface area (Å²) in [5.74, 6) is 0.0724. The first-order valence-electron chi connectivity index (χ1n) is 4.58. The molecule has 0 bridgehead atoms. The van der Waals surface area contributed by atoms with Gasteiger partial charge >= 0.3 is 0 Å². The maximum Gasteiger partial charge on any atom is 0.145 e. The van der Waals surface area contributed by atoms with E-state index < -0.39 is 5.41 Å². The molecule has 0 unspecified atom stereocenters. The SMILES string of the molecule is COc1ccc(Br)c(F)c1C1(C#N)CC1. The molecule has 78 valence electrons. The highest BCUT2D eigenvalue weighted by Crippen LogP contribution is 2.52. The maximum atomic E-state index is 13.9. The Morgan fingerprint density at radius 2 is 2.20 bits per heavy atom. The summed E-state index contributed by atoms with van der Waals surface area (Å²) < 4.78 is 19.4. The molecule has 0 spiro atoms. The van der Waals surface area contributed by atoms with Crippen LogP contribution in [0.5, 0.6) is 5.75 Å². The molecule has 4 heteroatoms. The average Bonchev–Trinajstić information content (AvgIpc) is 3.02. The van der Waals surface area contributed by atoms with Crippen LogP contribution < -0.4 is 4.74 Å². The second-order valence-electron chi connectivity index (χ2n) is 3.63. The van der Waals surface area contributed by atoms with Crippen molar-refractivity contribution in [2.45, 2.75) is 18.3 Å². The first-order chi connectivity index (χ1) is 7.14. The lowest BCUT2D eigenvalue weighted by atomic mass is 9.96. The monoisotopic (exact) mass is 269 g/mol. The lowest BCUT2D eigenvalue weighted by Gasteiger charge is -2.13. The third-order valence-corrected chi connectivity index (χ3v) is 3.33. The molecular formula is C11H9BrFNO. The van der Waals surface area contributed by atoms with Gasteiger partial charge in [0.05, 0.1) is 28.6 Å². The Kier molecular flexibility index (Phi) is 2.43. The number of halogens is 2. The zero-order valence-corrected chi connectivity index (χ0v) is 9.77. The number of rotatable bonds is 2. The van der Waals surface area contributed by atoms with E-state index in [2.05, 4.69) is 22.0 Å². The van der Waals surface area contributed by atoms with Gasteiger partial charge in [-0.05, 0) is 40.9 Å². The van der Waals surface area contributed by atoms with Crippen molar-refractivity contribution in [1.29, 1.82) is 5.26 Å². The molecule has 2 nitrogen and oxygen atoms in total. The van der Waals surface area contributed by atoms with Crippen molar-refractivity contribution in [2.24, 2.45) is 0 Å². The fourth-order valence-electron chi connectivity index (χ4n) is 1.69. The molecule has 1 saturated carbocycles. The highest BCUT2D eigenvalue weighted by atomic mass is 79.9. The Labute approximate surface area is 95.8 Å². The molecule has 0 saturated heterocycles. The first-order valence-corrected chi connectivity index (χ1v) is 5.37. The van der Waals surface area contributed by atoms with Crippen LogP contribution in [0.25, 0.3) is 0 Å². The van der Waals surface area contributed by atoms with E-state index in [-0.39, 0.29) is 5.82 Å². The van der Waals surface area contributed by atoms with Crippen LogP contribution in [0.1, 0.15) is 18.4 Å². The first kappa shape index (κ1) is 10.4. The van der Waals surface area contributed by atoms with Gasteiger partial charge in [0, 0.05) is 0 Å². The lowest BCUT2D eigenvalue weighted by molar-refractivity contribution is 0.401. The highest BCUT2D eigenvalue weighted by Gasteiger charge is 2.49. The predicted octanol–water partition coefficient (Wildman–Crippen LogP) is 3.15. The van der Waals surface area contributed by atoms with Crippen LogP contribution in [-0.2, 0) is 5.41 Å². The van der Waals surface area contributed by atoms with Crippen LogP contribution in [0.4, 0.5) is 4.39 Å². The van der Waals surface area contributed by atoms with Crippen molar-refractivity contribution in [1.82, 2.24) is 0 Å². The molecule has 1 fully saturated rings. The van der Waals surface area contributed by atoms with Crippen LogP contribution in [0.3, 0.4) is 0 Å². The van der Waals surface area contributed by atoms with Gasteiger partial charge < -0.3 is 4.74 Å². The quantitative estimate of drug-likeness (QED) is 0.827. The number of nitriles is 1. The van der Waals surface area contributed by atoms with Crippen LogP contribution in [0.2, 0.25) is 0 Å². The van der Waals surface area contributed by atoms with E-state index >= 15 is 0 Å². The molecule has 0 amide bonds. The average molecular weight is 270 g/mol. The Balaban J connectivity index is 2.63. The summed E-state index contributed by atoms with van der Waals surface area (Å²) in [5, 5.41) is 9.06. The van der Waals surface area contributed by atoms with Crippen LogP contribution in [0.15, 0.2) is 16.6 Å². The summed E-state index contributed by atoms with van der Waals surface area (Å²) in [7, 11) is 1.49. The maximum absolute atomic E-state index is 13.9. The van der Waals surface area contributed by atoms with Gasteiger partial charge in [-0.2, -0.15) is 5.26 Å². The minimum absolute atomic E-state index is 0.375. The standard InChI is InChI=1S/C11H9BrFNO/c1-15-8-3-2-7(12)10(13)9(8)11(6-14)4-5-11/h2-3H,4-5H2,1H3. The molecule has 0 heterocycles. The number of methoxy groups -OCH3 is 1. The number of hydrogen-bond donors (Lipinski definition) is 0. The summed E-state index contributed by atoms with van der Waals surface area (Å²) >= 11 is 3.12. The summed E-state index contributed by atoms with van der Waals surface area (Å²) in [6.07, 6.45) is 1.40. The molecule has 1 aromatic carbocycles. The van der Waals surface area contributed by atoms with Crippen LogP contribution >= 0.6 is 15.9 Å². The number of benzene rings is 1. The third-order valence-electron chi connectivity index (χ3n) is 2.72. The zero-order valence-electron chi connectivity index (χ0n) is 8.18. The highest BCUT2D eigenvalue weighted by molar-refractivity contribution is 9.10. The second kappa shape index (κ2) is 3.49. The van der Waals surface area contributed by atoms with Gasteiger partial charge in [-0.1, -0.05) is 0 Å². The molecule has 1 aliphatic carbocycles. The van der Waals surface area contributed by atoms with E-state index in [4.69, 9.17) is 10.00 Å². The molecule has 2 rings (SSSR count). The predicted molar refractivity (Wildman–Crippen MR) is 57.2 cm³/mol. The van der Waals surface area contributed by atoms with Gasteiger partial charge in [0.15, 0.2) is 0 Å². The van der Waals surface area contributed by atoms with Crippen molar-refractivity contribution in [3.8, 4) is 11.8 Å². The van der Waals surface area contributed by atoms with Gasteiger partial charge in [0.1, 0.15) is 11.6 Å². The van der Waals surface area contributed by atoms with E-state index in [9.17, 15) is 4.39 Å². The summed E-state index contributed by atoms with van der Waals surface area (Å²) in [4.78, 5) is 0. The molecule has 0 aliphatic heterocycles. The van der Waals surface area contributed by atoms with Crippen molar-refractivity contribution in [3.63, 3.8) is 0 Å². The largest absolute Gasteiger partial charge is 0.496 e. The fourth-order valence-corrected chi connectivity index (χ4v) is 2.02. The molecule has 0 N–H and O–H groups in total. The Bertz CT molecular complexity index is 449. The lowest BCUT2D eigenvalue weighted by Crippen LogP contribution is -2.09. The van der Waals surface area contributed by atoms with Crippen molar-refractivity contribution in [2.75, 3.05) is 7.11 Å². The summed E-state index contributed by atoms with van der Waals surface area (Å²) in [6, 6.07) is 5.44. The minimum Gasteiger partial charge on any atom is -0.496 e.